The SMILES string of the molecule is CCCOc1ccc(NC(=O)C2CCN(S(=O)(=O)c3cc(F)ccc3F)CC2)cc1OCCC. The van der Waals surface area contributed by atoms with Crippen LogP contribution < -0.4 is 14.8 Å². The van der Waals surface area contributed by atoms with Gasteiger partial charge in [-0.3, -0.25) is 4.79 Å². The van der Waals surface area contributed by atoms with Crippen molar-refractivity contribution in [2.45, 2.75) is 44.4 Å². The van der Waals surface area contributed by atoms with Crippen LogP contribution in [0.1, 0.15) is 39.5 Å². The second-order valence-electron chi connectivity index (χ2n) is 8.10. The van der Waals surface area contributed by atoms with Crippen molar-refractivity contribution in [3.05, 3.63) is 48.0 Å². The highest BCUT2D eigenvalue weighted by atomic mass is 32.2. The molecule has 1 aliphatic heterocycles. The maximum absolute atomic E-state index is 14.0. The van der Waals surface area contributed by atoms with E-state index < -0.39 is 32.5 Å². The number of rotatable bonds is 10. The molecule has 1 amide bonds. The molecule has 0 atom stereocenters. The molecule has 0 unspecified atom stereocenters. The number of sulfonamides is 1. The van der Waals surface area contributed by atoms with Crippen LogP contribution in [-0.4, -0.2) is 44.9 Å². The van der Waals surface area contributed by atoms with E-state index in [0.29, 0.717) is 36.5 Å². The molecule has 0 aromatic heterocycles. The van der Waals surface area contributed by atoms with E-state index in [1.165, 1.54) is 0 Å². The maximum Gasteiger partial charge on any atom is 0.246 e. The minimum atomic E-state index is -4.19. The summed E-state index contributed by atoms with van der Waals surface area (Å²) in [6, 6.07) is 7.53. The number of piperidine rings is 1. The van der Waals surface area contributed by atoms with Crippen LogP contribution in [0.2, 0.25) is 0 Å². The molecule has 0 bridgehead atoms. The molecule has 0 aliphatic carbocycles. The lowest BCUT2D eigenvalue weighted by Crippen LogP contribution is -2.41. The highest BCUT2D eigenvalue weighted by Crippen LogP contribution is 2.32. The van der Waals surface area contributed by atoms with E-state index in [4.69, 9.17) is 9.47 Å². The summed E-state index contributed by atoms with van der Waals surface area (Å²) in [4.78, 5) is 12.1. The molecule has 1 fully saturated rings. The zero-order valence-electron chi connectivity index (χ0n) is 19.4. The van der Waals surface area contributed by atoms with Crippen molar-refractivity contribution < 1.29 is 31.5 Å². The van der Waals surface area contributed by atoms with Gasteiger partial charge in [0.05, 0.1) is 13.2 Å². The Labute approximate surface area is 199 Å². The van der Waals surface area contributed by atoms with Crippen LogP contribution >= 0.6 is 0 Å². The summed E-state index contributed by atoms with van der Waals surface area (Å²) in [6.45, 7) is 5.13. The van der Waals surface area contributed by atoms with E-state index >= 15 is 0 Å². The predicted molar refractivity (Wildman–Crippen MR) is 124 cm³/mol. The van der Waals surface area contributed by atoms with Crippen molar-refractivity contribution in [1.29, 1.82) is 0 Å². The van der Waals surface area contributed by atoms with Gasteiger partial charge >= 0.3 is 0 Å². The highest BCUT2D eigenvalue weighted by molar-refractivity contribution is 7.89. The first-order valence-corrected chi connectivity index (χ1v) is 12.9. The third kappa shape index (κ3) is 6.24. The topological polar surface area (TPSA) is 84.9 Å². The zero-order valence-corrected chi connectivity index (χ0v) is 20.2. The highest BCUT2D eigenvalue weighted by Gasteiger charge is 2.34. The Kier molecular flexibility index (Phi) is 8.84. The van der Waals surface area contributed by atoms with Gasteiger partial charge in [0.25, 0.3) is 0 Å². The Hall–Kier alpha value is -2.72. The van der Waals surface area contributed by atoms with Crippen molar-refractivity contribution in [1.82, 2.24) is 4.31 Å². The van der Waals surface area contributed by atoms with Gasteiger partial charge < -0.3 is 14.8 Å². The molecular formula is C24H30F2N2O5S. The van der Waals surface area contributed by atoms with Gasteiger partial charge in [-0.15, -0.1) is 0 Å². The molecule has 0 saturated carbocycles. The fourth-order valence-corrected chi connectivity index (χ4v) is 5.20. The summed E-state index contributed by atoms with van der Waals surface area (Å²) in [6.07, 6.45) is 2.20. The summed E-state index contributed by atoms with van der Waals surface area (Å²) in [5.41, 5.74) is 0.553. The summed E-state index contributed by atoms with van der Waals surface area (Å²) in [7, 11) is -4.19. The van der Waals surface area contributed by atoms with Gasteiger partial charge in [0.1, 0.15) is 16.5 Å². The monoisotopic (exact) mass is 496 g/mol. The van der Waals surface area contributed by atoms with E-state index in [0.717, 1.165) is 29.3 Å². The second-order valence-corrected chi connectivity index (χ2v) is 10.0. The number of halogens is 2. The maximum atomic E-state index is 14.0. The van der Waals surface area contributed by atoms with Gasteiger partial charge in [0.2, 0.25) is 15.9 Å². The van der Waals surface area contributed by atoms with Crippen LogP contribution in [0.5, 0.6) is 11.5 Å². The molecule has 2 aromatic rings. The van der Waals surface area contributed by atoms with Gasteiger partial charge in [-0.25, -0.2) is 17.2 Å². The van der Waals surface area contributed by atoms with Crippen LogP contribution in [0, 0.1) is 17.6 Å². The van der Waals surface area contributed by atoms with Crippen molar-refractivity contribution in [2.75, 3.05) is 31.6 Å². The second kappa shape index (κ2) is 11.6. The number of nitrogens with one attached hydrogen (secondary N) is 1. The molecule has 1 heterocycles. The Balaban J connectivity index is 1.64. The number of anilines is 1. The molecule has 1 saturated heterocycles. The molecule has 0 radical (unpaired) electrons. The quantitative estimate of drug-likeness (QED) is 0.520. The lowest BCUT2D eigenvalue weighted by molar-refractivity contribution is -0.120. The van der Waals surface area contributed by atoms with E-state index in [1.807, 2.05) is 13.8 Å². The van der Waals surface area contributed by atoms with Gasteiger partial charge in [0, 0.05) is 30.8 Å². The first kappa shape index (κ1) is 25.9. The number of nitrogens with zero attached hydrogens (tertiary/aromatic N) is 1. The van der Waals surface area contributed by atoms with Gasteiger partial charge in [0.15, 0.2) is 11.5 Å². The molecule has 10 heteroatoms. The van der Waals surface area contributed by atoms with E-state index in [1.54, 1.807) is 18.2 Å². The van der Waals surface area contributed by atoms with Crippen molar-refractivity contribution in [3.8, 4) is 11.5 Å². The number of amides is 1. The van der Waals surface area contributed by atoms with Crippen molar-refractivity contribution >= 4 is 21.6 Å². The molecule has 1 aliphatic rings. The van der Waals surface area contributed by atoms with Crippen molar-refractivity contribution in [2.24, 2.45) is 5.92 Å². The smallest absolute Gasteiger partial charge is 0.246 e. The fraction of sp³-hybridized carbons (Fsp3) is 0.458. The lowest BCUT2D eigenvalue weighted by Gasteiger charge is -2.30. The first-order chi connectivity index (χ1) is 16.3. The van der Waals surface area contributed by atoms with Gasteiger partial charge in [-0.05, 0) is 56.0 Å². The summed E-state index contributed by atoms with van der Waals surface area (Å²) >= 11 is 0. The van der Waals surface area contributed by atoms with E-state index in [-0.39, 0.29) is 31.8 Å². The summed E-state index contributed by atoms with van der Waals surface area (Å²) < 4.78 is 65.6. The van der Waals surface area contributed by atoms with Gasteiger partial charge in [-0.1, -0.05) is 13.8 Å². The minimum absolute atomic E-state index is 0.0328. The zero-order chi connectivity index (χ0) is 24.7. The fourth-order valence-electron chi connectivity index (χ4n) is 3.66. The predicted octanol–water partition coefficient (Wildman–Crippen LogP) is 4.58. The Bertz CT molecular complexity index is 1100. The molecule has 1 N–H and O–H groups in total. The molecular weight excluding hydrogens is 466 g/mol. The summed E-state index contributed by atoms with van der Waals surface area (Å²) in [5.74, 6) is -1.34. The Morgan fingerprint density at radius 3 is 2.29 bits per heavy atom. The van der Waals surface area contributed by atoms with Crippen LogP contribution in [0.3, 0.4) is 0 Å². The molecule has 0 spiro atoms. The average Bonchev–Trinajstić information content (AvgIpc) is 2.83. The molecule has 2 aromatic carbocycles. The lowest BCUT2D eigenvalue weighted by atomic mass is 9.97. The van der Waals surface area contributed by atoms with Crippen LogP contribution in [0.15, 0.2) is 41.3 Å². The molecule has 7 nitrogen and oxygen atoms in total. The number of carbonyl (C=O) groups is 1. The number of carbonyl (C=O) groups excluding carboxylic acids is 1. The number of ether oxygens (including phenoxy) is 2. The van der Waals surface area contributed by atoms with Crippen LogP contribution in [-0.2, 0) is 14.8 Å². The van der Waals surface area contributed by atoms with Crippen LogP contribution in [0.4, 0.5) is 14.5 Å². The van der Waals surface area contributed by atoms with Gasteiger partial charge in [-0.2, -0.15) is 4.31 Å². The Morgan fingerprint density at radius 1 is 1.00 bits per heavy atom. The minimum Gasteiger partial charge on any atom is -0.490 e. The molecule has 3 rings (SSSR count). The molecule has 186 valence electrons. The number of hydrogen-bond acceptors (Lipinski definition) is 5. The Morgan fingerprint density at radius 2 is 1.65 bits per heavy atom. The van der Waals surface area contributed by atoms with Crippen LogP contribution in [0.25, 0.3) is 0 Å². The third-order valence-corrected chi connectivity index (χ3v) is 7.38. The van der Waals surface area contributed by atoms with E-state index in [2.05, 4.69) is 5.32 Å². The standard InChI is InChI=1S/C24H30F2N2O5S/c1-3-13-32-21-8-6-19(16-22(21)33-14-4-2)27-24(29)17-9-11-28(12-10-17)34(30,31)23-15-18(25)5-7-20(23)26/h5-8,15-17H,3-4,9-14H2,1-2H3,(H,27,29). The largest absolute Gasteiger partial charge is 0.490 e. The third-order valence-electron chi connectivity index (χ3n) is 5.47. The van der Waals surface area contributed by atoms with Crippen molar-refractivity contribution in [3.63, 3.8) is 0 Å². The first-order valence-electron chi connectivity index (χ1n) is 11.4. The average molecular weight is 497 g/mol. The summed E-state index contributed by atoms with van der Waals surface area (Å²) in [5, 5.41) is 2.86. The van der Waals surface area contributed by atoms with E-state index in [9.17, 15) is 22.0 Å². The normalized spacial score (nSPS) is 15.2. The number of benzene rings is 2. The number of hydrogen-bond donors (Lipinski definition) is 1. The molecule has 34 heavy (non-hydrogen) atoms.